The number of anilines is 1. The van der Waals surface area contributed by atoms with Gasteiger partial charge >= 0.3 is 0 Å². The Kier molecular flexibility index (Phi) is 5.50. The fraction of sp³-hybridized carbons (Fsp3) is 0.278. The molecule has 26 heavy (non-hydrogen) atoms. The van der Waals surface area contributed by atoms with Crippen LogP contribution in [0.5, 0.6) is 0 Å². The molecule has 1 atom stereocenters. The third kappa shape index (κ3) is 4.17. The molecule has 0 saturated carbocycles. The number of hydrogen-bond acceptors (Lipinski definition) is 4. The average Bonchev–Trinajstić information content (AvgIpc) is 3.15. The second-order valence-electron chi connectivity index (χ2n) is 6.21. The number of sulfonamides is 1. The molecule has 0 aliphatic carbocycles. The van der Waals surface area contributed by atoms with E-state index in [4.69, 9.17) is 11.6 Å². The smallest absolute Gasteiger partial charge is 0.261 e. The van der Waals surface area contributed by atoms with Gasteiger partial charge in [-0.05, 0) is 49.4 Å². The normalized spacial score (nSPS) is 17.1. The van der Waals surface area contributed by atoms with Gasteiger partial charge in [-0.1, -0.05) is 23.7 Å². The van der Waals surface area contributed by atoms with E-state index in [2.05, 4.69) is 10.0 Å². The molecule has 3 rings (SSSR count). The zero-order valence-corrected chi connectivity index (χ0v) is 15.8. The lowest BCUT2D eigenvalue weighted by Crippen LogP contribution is -2.38. The first-order valence-corrected chi connectivity index (χ1v) is 10.1. The SMILES string of the molecule is CN(C(=O)c1cccc(S(=O)(=O)Nc2cccc(Cl)c2)c1)C1CCNC1. The van der Waals surface area contributed by atoms with Crippen LogP contribution in [0.1, 0.15) is 16.8 Å². The summed E-state index contributed by atoms with van der Waals surface area (Å²) in [5, 5.41) is 3.65. The number of likely N-dealkylation sites (N-methyl/N-ethyl adjacent to an activating group) is 1. The maximum atomic E-state index is 12.7. The van der Waals surface area contributed by atoms with Gasteiger partial charge in [-0.2, -0.15) is 0 Å². The zero-order chi connectivity index (χ0) is 18.7. The summed E-state index contributed by atoms with van der Waals surface area (Å²) >= 11 is 5.89. The number of amides is 1. The van der Waals surface area contributed by atoms with Crippen LogP contribution in [0, 0.1) is 0 Å². The van der Waals surface area contributed by atoms with Crippen LogP contribution in [0.2, 0.25) is 5.02 Å². The molecular weight excluding hydrogens is 374 g/mol. The molecule has 2 aromatic rings. The van der Waals surface area contributed by atoms with Crippen molar-refractivity contribution >= 4 is 33.2 Å². The number of nitrogens with zero attached hydrogens (tertiary/aromatic N) is 1. The monoisotopic (exact) mass is 393 g/mol. The van der Waals surface area contributed by atoms with Crippen molar-refractivity contribution in [1.82, 2.24) is 10.2 Å². The Labute approximate surface area is 158 Å². The highest BCUT2D eigenvalue weighted by molar-refractivity contribution is 7.92. The molecule has 0 radical (unpaired) electrons. The summed E-state index contributed by atoms with van der Waals surface area (Å²) < 4.78 is 27.7. The predicted molar refractivity (Wildman–Crippen MR) is 102 cm³/mol. The van der Waals surface area contributed by atoms with Gasteiger partial charge in [-0.25, -0.2) is 8.42 Å². The highest BCUT2D eigenvalue weighted by Crippen LogP contribution is 2.21. The topological polar surface area (TPSA) is 78.5 Å². The van der Waals surface area contributed by atoms with Crippen LogP contribution >= 0.6 is 11.6 Å². The van der Waals surface area contributed by atoms with Crippen molar-refractivity contribution in [2.45, 2.75) is 17.4 Å². The molecule has 1 heterocycles. The van der Waals surface area contributed by atoms with Gasteiger partial charge < -0.3 is 10.2 Å². The summed E-state index contributed by atoms with van der Waals surface area (Å²) in [7, 11) is -2.08. The summed E-state index contributed by atoms with van der Waals surface area (Å²) in [6.07, 6.45) is 0.885. The van der Waals surface area contributed by atoms with E-state index in [-0.39, 0.29) is 16.8 Å². The Morgan fingerprint density at radius 2 is 2.00 bits per heavy atom. The summed E-state index contributed by atoms with van der Waals surface area (Å²) in [6.45, 7) is 1.62. The van der Waals surface area contributed by atoms with Gasteiger partial charge in [0.05, 0.1) is 10.6 Å². The van der Waals surface area contributed by atoms with E-state index < -0.39 is 10.0 Å². The Morgan fingerprint density at radius 1 is 1.23 bits per heavy atom. The lowest BCUT2D eigenvalue weighted by atomic mass is 10.1. The van der Waals surface area contributed by atoms with Crippen molar-refractivity contribution in [2.75, 3.05) is 24.9 Å². The first kappa shape index (κ1) is 18.7. The highest BCUT2D eigenvalue weighted by atomic mass is 35.5. The van der Waals surface area contributed by atoms with E-state index in [1.165, 1.54) is 18.2 Å². The molecule has 0 spiro atoms. The van der Waals surface area contributed by atoms with Crippen molar-refractivity contribution in [1.29, 1.82) is 0 Å². The van der Waals surface area contributed by atoms with Gasteiger partial charge in [0.25, 0.3) is 15.9 Å². The van der Waals surface area contributed by atoms with Gasteiger partial charge in [0, 0.05) is 30.2 Å². The van der Waals surface area contributed by atoms with E-state index in [1.807, 2.05) is 0 Å². The van der Waals surface area contributed by atoms with E-state index in [0.717, 1.165) is 19.5 Å². The number of carbonyl (C=O) groups is 1. The maximum absolute atomic E-state index is 12.7. The number of halogens is 1. The van der Waals surface area contributed by atoms with Crippen molar-refractivity contribution < 1.29 is 13.2 Å². The second-order valence-corrected chi connectivity index (χ2v) is 8.33. The molecule has 1 aliphatic heterocycles. The number of rotatable bonds is 5. The summed E-state index contributed by atoms with van der Waals surface area (Å²) in [6, 6.07) is 12.6. The van der Waals surface area contributed by atoms with Gasteiger partial charge in [0.1, 0.15) is 0 Å². The molecule has 0 bridgehead atoms. The summed E-state index contributed by atoms with van der Waals surface area (Å²) in [5.41, 5.74) is 0.705. The Morgan fingerprint density at radius 3 is 2.69 bits per heavy atom. The maximum Gasteiger partial charge on any atom is 0.261 e. The molecule has 6 nitrogen and oxygen atoms in total. The summed E-state index contributed by atoms with van der Waals surface area (Å²) in [5.74, 6) is -0.196. The molecular formula is C18H20ClN3O3S. The Balaban J connectivity index is 1.82. The van der Waals surface area contributed by atoms with E-state index >= 15 is 0 Å². The van der Waals surface area contributed by atoms with Crippen LogP contribution in [0.4, 0.5) is 5.69 Å². The van der Waals surface area contributed by atoms with Crippen molar-refractivity contribution in [3.8, 4) is 0 Å². The Bertz CT molecular complexity index is 911. The zero-order valence-electron chi connectivity index (χ0n) is 14.3. The number of nitrogens with one attached hydrogen (secondary N) is 2. The second kappa shape index (κ2) is 7.65. The molecule has 1 amide bonds. The lowest BCUT2D eigenvalue weighted by molar-refractivity contribution is 0.0743. The molecule has 1 saturated heterocycles. The molecule has 2 N–H and O–H groups in total. The number of carbonyl (C=O) groups excluding carboxylic acids is 1. The van der Waals surface area contributed by atoms with Gasteiger partial charge in [-0.3, -0.25) is 9.52 Å². The van der Waals surface area contributed by atoms with Crippen molar-refractivity contribution in [3.63, 3.8) is 0 Å². The van der Waals surface area contributed by atoms with Crippen LogP contribution in [-0.4, -0.2) is 45.4 Å². The lowest BCUT2D eigenvalue weighted by Gasteiger charge is -2.24. The van der Waals surface area contributed by atoms with E-state index in [0.29, 0.717) is 16.3 Å². The average molecular weight is 394 g/mol. The molecule has 0 aromatic heterocycles. The van der Waals surface area contributed by atoms with Gasteiger partial charge in [0.15, 0.2) is 0 Å². The first-order chi connectivity index (χ1) is 12.4. The standard InChI is InChI=1S/C18H20ClN3O3S/c1-22(16-8-9-20-12-16)18(23)13-4-2-7-17(10-13)26(24,25)21-15-6-3-5-14(19)11-15/h2-7,10-11,16,20-21H,8-9,12H2,1H3. The van der Waals surface area contributed by atoms with Crippen molar-refractivity contribution in [2.24, 2.45) is 0 Å². The fourth-order valence-corrected chi connectivity index (χ4v) is 4.19. The third-order valence-corrected chi connectivity index (χ3v) is 5.98. The third-order valence-electron chi connectivity index (χ3n) is 4.37. The van der Waals surface area contributed by atoms with Crippen LogP contribution in [0.3, 0.4) is 0 Å². The van der Waals surface area contributed by atoms with E-state index in [9.17, 15) is 13.2 Å². The van der Waals surface area contributed by atoms with Crippen LogP contribution in [0.25, 0.3) is 0 Å². The summed E-state index contributed by atoms with van der Waals surface area (Å²) in [4.78, 5) is 14.4. The van der Waals surface area contributed by atoms with Crippen molar-refractivity contribution in [3.05, 3.63) is 59.1 Å². The molecule has 8 heteroatoms. The van der Waals surface area contributed by atoms with Crippen LogP contribution < -0.4 is 10.0 Å². The number of hydrogen-bond donors (Lipinski definition) is 2. The largest absolute Gasteiger partial charge is 0.337 e. The molecule has 1 aliphatic rings. The predicted octanol–water partition coefficient (Wildman–Crippen LogP) is 2.57. The van der Waals surface area contributed by atoms with Crippen LogP contribution in [0.15, 0.2) is 53.4 Å². The minimum absolute atomic E-state index is 0.0290. The minimum atomic E-state index is -3.82. The molecule has 138 valence electrons. The molecule has 2 aromatic carbocycles. The molecule has 1 unspecified atom stereocenters. The van der Waals surface area contributed by atoms with Gasteiger partial charge in [-0.15, -0.1) is 0 Å². The van der Waals surface area contributed by atoms with E-state index in [1.54, 1.807) is 42.3 Å². The highest BCUT2D eigenvalue weighted by Gasteiger charge is 2.25. The van der Waals surface area contributed by atoms with Crippen LogP contribution in [-0.2, 0) is 10.0 Å². The van der Waals surface area contributed by atoms with Gasteiger partial charge in [0.2, 0.25) is 0 Å². The quantitative estimate of drug-likeness (QED) is 0.818. The first-order valence-electron chi connectivity index (χ1n) is 8.23. The molecule has 1 fully saturated rings. The Hall–Kier alpha value is -2.09. The number of benzene rings is 2. The minimum Gasteiger partial charge on any atom is -0.337 e. The fourth-order valence-electron chi connectivity index (χ4n) is 2.90.